The Bertz CT molecular complexity index is 1860. The summed E-state index contributed by atoms with van der Waals surface area (Å²) < 4.78 is 0. The summed E-state index contributed by atoms with van der Waals surface area (Å²) in [7, 11) is 0. The van der Waals surface area contributed by atoms with Gasteiger partial charge in [0, 0.05) is 28.2 Å². The van der Waals surface area contributed by atoms with E-state index in [1.165, 1.54) is 66.3 Å². The van der Waals surface area contributed by atoms with E-state index in [0.29, 0.717) is 6.04 Å². The Morgan fingerprint density at radius 2 is 1.15 bits per heavy atom. The zero-order valence-electron chi connectivity index (χ0n) is 23.1. The molecule has 1 aliphatic carbocycles. The molecule has 0 atom stereocenters. The normalized spacial score (nSPS) is 13.6. The molecule has 6 aromatic carbocycles. The van der Waals surface area contributed by atoms with Crippen molar-refractivity contribution in [3.63, 3.8) is 0 Å². The summed E-state index contributed by atoms with van der Waals surface area (Å²) in [5.74, 6) is 0. The summed E-state index contributed by atoms with van der Waals surface area (Å²) in [5.41, 5.74) is 10.6. The van der Waals surface area contributed by atoms with Gasteiger partial charge in [-0.05, 0) is 87.7 Å². The number of anilines is 2. The maximum Gasteiger partial charge on any atom is 0.0499 e. The van der Waals surface area contributed by atoms with Gasteiger partial charge in [0.25, 0.3) is 0 Å². The van der Waals surface area contributed by atoms with Crippen molar-refractivity contribution in [1.82, 2.24) is 0 Å². The standard InChI is InChI=1S/C38H33N/c1-25(2)39(37-24-28-11-5-6-12-30(28)31-13-7-8-15-34(31)37)29-20-17-26(18-21-29)27-19-22-33-32-14-9-10-16-35(32)38(3,4)36(33)23-27/h5-25H,1-4H3. The summed E-state index contributed by atoms with van der Waals surface area (Å²) in [5, 5.41) is 5.16. The van der Waals surface area contributed by atoms with E-state index in [1.54, 1.807) is 0 Å². The van der Waals surface area contributed by atoms with Gasteiger partial charge in [-0.3, -0.25) is 0 Å². The molecule has 1 heteroatoms. The molecule has 1 nitrogen and oxygen atoms in total. The summed E-state index contributed by atoms with van der Waals surface area (Å²) >= 11 is 0. The maximum absolute atomic E-state index is 2.47. The molecule has 0 aromatic heterocycles. The molecule has 0 aliphatic heterocycles. The van der Waals surface area contributed by atoms with E-state index in [1.807, 2.05) is 0 Å². The topological polar surface area (TPSA) is 3.24 Å². The van der Waals surface area contributed by atoms with Gasteiger partial charge in [0.1, 0.15) is 0 Å². The van der Waals surface area contributed by atoms with Crippen LogP contribution in [0.2, 0.25) is 0 Å². The molecular weight excluding hydrogens is 470 g/mol. The predicted molar refractivity (Wildman–Crippen MR) is 168 cm³/mol. The Labute approximate surface area is 231 Å². The highest BCUT2D eigenvalue weighted by molar-refractivity contribution is 6.13. The van der Waals surface area contributed by atoms with E-state index in [2.05, 4.69) is 154 Å². The Balaban J connectivity index is 1.30. The highest BCUT2D eigenvalue weighted by Gasteiger charge is 2.35. The molecule has 7 rings (SSSR count). The largest absolute Gasteiger partial charge is 0.338 e. The average Bonchev–Trinajstić information content (AvgIpc) is 3.19. The average molecular weight is 504 g/mol. The maximum atomic E-state index is 2.47. The first kappa shape index (κ1) is 23.7. The van der Waals surface area contributed by atoms with Gasteiger partial charge < -0.3 is 4.90 Å². The number of rotatable bonds is 4. The molecule has 6 aromatic rings. The van der Waals surface area contributed by atoms with Crippen LogP contribution in [0.5, 0.6) is 0 Å². The Kier molecular flexibility index (Phi) is 5.39. The van der Waals surface area contributed by atoms with Crippen molar-refractivity contribution in [2.24, 2.45) is 0 Å². The van der Waals surface area contributed by atoms with Crippen molar-refractivity contribution >= 4 is 32.9 Å². The van der Waals surface area contributed by atoms with E-state index in [9.17, 15) is 0 Å². The fraction of sp³-hybridized carbons (Fsp3) is 0.158. The first-order valence-electron chi connectivity index (χ1n) is 14.0. The Morgan fingerprint density at radius 3 is 1.92 bits per heavy atom. The molecule has 0 N–H and O–H groups in total. The van der Waals surface area contributed by atoms with Gasteiger partial charge in [-0.25, -0.2) is 0 Å². The molecule has 0 unspecified atom stereocenters. The van der Waals surface area contributed by atoms with Crippen LogP contribution in [0.25, 0.3) is 43.8 Å². The second-order valence-electron chi connectivity index (χ2n) is 11.6. The van der Waals surface area contributed by atoms with Crippen molar-refractivity contribution in [3.8, 4) is 22.3 Å². The number of nitrogens with zero attached hydrogens (tertiary/aromatic N) is 1. The van der Waals surface area contributed by atoms with Crippen molar-refractivity contribution in [2.75, 3.05) is 4.90 Å². The molecule has 0 spiro atoms. The van der Waals surface area contributed by atoms with Crippen LogP contribution in [0.3, 0.4) is 0 Å². The highest BCUT2D eigenvalue weighted by Crippen LogP contribution is 2.49. The van der Waals surface area contributed by atoms with Gasteiger partial charge in [-0.15, -0.1) is 0 Å². The quantitative estimate of drug-likeness (QED) is 0.216. The second kappa shape index (κ2) is 8.85. The van der Waals surface area contributed by atoms with Crippen LogP contribution in [0.4, 0.5) is 11.4 Å². The fourth-order valence-electron chi connectivity index (χ4n) is 6.65. The third kappa shape index (κ3) is 3.68. The smallest absolute Gasteiger partial charge is 0.0499 e. The van der Waals surface area contributed by atoms with Gasteiger partial charge in [-0.2, -0.15) is 0 Å². The lowest BCUT2D eigenvalue weighted by Gasteiger charge is -2.31. The minimum absolute atomic E-state index is 0.00740. The van der Waals surface area contributed by atoms with Crippen LogP contribution >= 0.6 is 0 Å². The predicted octanol–water partition coefficient (Wildman–Crippen LogP) is 10.5. The van der Waals surface area contributed by atoms with E-state index >= 15 is 0 Å². The molecule has 0 saturated carbocycles. The third-order valence-corrected chi connectivity index (χ3v) is 8.58. The van der Waals surface area contributed by atoms with Crippen LogP contribution in [0, 0.1) is 0 Å². The van der Waals surface area contributed by atoms with Gasteiger partial charge in [-0.1, -0.05) is 111 Å². The minimum Gasteiger partial charge on any atom is -0.338 e. The molecule has 39 heavy (non-hydrogen) atoms. The van der Waals surface area contributed by atoms with Crippen molar-refractivity contribution in [3.05, 3.63) is 132 Å². The molecule has 0 bridgehead atoms. The lowest BCUT2D eigenvalue weighted by atomic mass is 9.81. The van der Waals surface area contributed by atoms with Gasteiger partial charge in [0.15, 0.2) is 0 Å². The van der Waals surface area contributed by atoms with E-state index in [0.717, 1.165) is 0 Å². The minimum atomic E-state index is 0.00740. The summed E-state index contributed by atoms with van der Waals surface area (Å²) in [6.45, 7) is 9.24. The number of hydrogen-bond acceptors (Lipinski definition) is 1. The summed E-state index contributed by atoms with van der Waals surface area (Å²) in [6, 6.07) is 45.1. The number of hydrogen-bond donors (Lipinski definition) is 0. The SMILES string of the molecule is CC(C)N(c1ccc(-c2ccc3c(c2)C(C)(C)c2ccccc2-3)cc1)c1cc2ccccc2c2ccccc12. The number of fused-ring (bicyclic) bond motifs is 6. The first-order valence-corrected chi connectivity index (χ1v) is 14.0. The lowest BCUT2D eigenvalue weighted by Crippen LogP contribution is -2.25. The van der Waals surface area contributed by atoms with E-state index in [4.69, 9.17) is 0 Å². The van der Waals surface area contributed by atoms with Crippen LogP contribution in [-0.2, 0) is 5.41 Å². The van der Waals surface area contributed by atoms with E-state index in [-0.39, 0.29) is 5.41 Å². The van der Waals surface area contributed by atoms with Gasteiger partial charge >= 0.3 is 0 Å². The van der Waals surface area contributed by atoms with Crippen molar-refractivity contribution in [2.45, 2.75) is 39.2 Å². The Morgan fingerprint density at radius 1 is 0.538 bits per heavy atom. The highest BCUT2D eigenvalue weighted by atomic mass is 15.2. The van der Waals surface area contributed by atoms with Crippen LogP contribution in [0.1, 0.15) is 38.8 Å². The van der Waals surface area contributed by atoms with Crippen LogP contribution < -0.4 is 4.90 Å². The molecule has 0 heterocycles. The van der Waals surface area contributed by atoms with Crippen LogP contribution in [0.15, 0.2) is 121 Å². The summed E-state index contributed by atoms with van der Waals surface area (Å²) in [6.07, 6.45) is 0. The van der Waals surface area contributed by atoms with Gasteiger partial charge in [0.05, 0.1) is 0 Å². The molecule has 1 aliphatic rings. The van der Waals surface area contributed by atoms with Crippen molar-refractivity contribution < 1.29 is 0 Å². The van der Waals surface area contributed by atoms with Crippen LogP contribution in [-0.4, -0.2) is 6.04 Å². The zero-order valence-corrected chi connectivity index (χ0v) is 23.1. The third-order valence-electron chi connectivity index (χ3n) is 8.58. The molecule has 0 radical (unpaired) electrons. The van der Waals surface area contributed by atoms with E-state index < -0.39 is 0 Å². The summed E-state index contributed by atoms with van der Waals surface area (Å²) in [4.78, 5) is 2.47. The molecular formula is C38H33N. The van der Waals surface area contributed by atoms with Crippen molar-refractivity contribution in [1.29, 1.82) is 0 Å². The second-order valence-corrected chi connectivity index (χ2v) is 11.6. The molecule has 0 saturated heterocycles. The monoisotopic (exact) mass is 503 g/mol. The number of benzene rings is 6. The first-order chi connectivity index (χ1) is 18.9. The fourth-order valence-corrected chi connectivity index (χ4v) is 6.65. The Hall–Kier alpha value is -4.36. The molecule has 190 valence electrons. The molecule has 0 amide bonds. The van der Waals surface area contributed by atoms with Gasteiger partial charge in [0.2, 0.25) is 0 Å². The zero-order chi connectivity index (χ0) is 26.7. The molecule has 0 fully saturated rings. The lowest BCUT2D eigenvalue weighted by molar-refractivity contribution is 0.660.